The van der Waals surface area contributed by atoms with Crippen LogP contribution in [0.2, 0.25) is 0 Å². The molecule has 1 saturated heterocycles. The Bertz CT molecular complexity index is 573. The van der Waals surface area contributed by atoms with Crippen LogP contribution in [-0.2, 0) is 14.4 Å². The van der Waals surface area contributed by atoms with Crippen molar-refractivity contribution in [3.8, 4) is 0 Å². The molecule has 19 heavy (non-hydrogen) atoms. The fraction of sp³-hybridized carbons (Fsp3) is 0.182. The van der Waals surface area contributed by atoms with Crippen molar-refractivity contribution in [3.05, 3.63) is 29.8 Å². The first-order valence-electron chi connectivity index (χ1n) is 5.37. The van der Waals surface area contributed by atoms with Crippen molar-refractivity contribution >= 4 is 23.5 Å². The lowest BCUT2D eigenvalue weighted by atomic mass is 10.2. The summed E-state index contributed by atoms with van der Waals surface area (Å²) in [5.74, 6) is -1.87. The van der Waals surface area contributed by atoms with E-state index in [1.54, 1.807) is 0 Å². The second-order valence-corrected chi connectivity index (χ2v) is 3.71. The molecule has 0 atom stereocenters. The van der Waals surface area contributed by atoms with E-state index >= 15 is 0 Å². The number of benzene rings is 1. The standard InChI is InChI=1S/C11H9N4O4/c12-14-13-8-3-1-7(2-4-8)11(18)19-15-9(16)5-6-10(15)17/h1-4,12H,5-6H2/q+1. The molecule has 1 heterocycles. The van der Waals surface area contributed by atoms with Gasteiger partial charge in [-0.15, -0.1) is 5.06 Å². The molecule has 1 aromatic carbocycles. The summed E-state index contributed by atoms with van der Waals surface area (Å²) < 4.78 is 0. The van der Waals surface area contributed by atoms with Gasteiger partial charge in [0, 0.05) is 12.8 Å². The largest absolute Gasteiger partial charge is 0.363 e. The molecule has 1 fully saturated rings. The van der Waals surface area contributed by atoms with Crippen LogP contribution in [0.15, 0.2) is 29.4 Å². The first-order valence-corrected chi connectivity index (χ1v) is 5.37. The van der Waals surface area contributed by atoms with E-state index in [-0.39, 0.29) is 18.4 Å². The lowest BCUT2D eigenvalue weighted by molar-refractivity contribution is -0.172. The fourth-order valence-electron chi connectivity index (χ4n) is 1.52. The molecule has 2 rings (SSSR count). The summed E-state index contributed by atoms with van der Waals surface area (Å²) in [6, 6.07) is 5.72. The molecule has 0 aliphatic carbocycles. The molecular weight excluding hydrogens is 252 g/mol. The molecule has 1 aromatic rings. The highest BCUT2D eigenvalue weighted by molar-refractivity contribution is 6.02. The minimum Gasteiger partial charge on any atom is -0.325 e. The van der Waals surface area contributed by atoms with Gasteiger partial charge in [0.25, 0.3) is 11.8 Å². The van der Waals surface area contributed by atoms with E-state index in [2.05, 4.69) is 10.0 Å². The molecule has 0 saturated carbocycles. The second-order valence-electron chi connectivity index (χ2n) is 3.71. The number of imide groups is 1. The molecule has 0 aromatic heterocycles. The van der Waals surface area contributed by atoms with Crippen LogP contribution in [0.4, 0.5) is 5.69 Å². The molecule has 0 spiro atoms. The van der Waals surface area contributed by atoms with E-state index in [1.807, 2.05) is 0 Å². The molecule has 1 N–H and O–H groups in total. The van der Waals surface area contributed by atoms with Gasteiger partial charge >= 0.3 is 5.97 Å². The molecule has 0 unspecified atom stereocenters. The van der Waals surface area contributed by atoms with E-state index < -0.39 is 17.8 Å². The third-order valence-electron chi connectivity index (χ3n) is 2.45. The summed E-state index contributed by atoms with van der Waals surface area (Å²) >= 11 is 0. The fourth-order valence-corrected chi connectivity index (χ4v) is 1.52. The minimum absolute atomic E-state index is 0.0505. The van der Waals surface area contributed by atoms with Crippen molar-refractivity contribution in [2.75, 3.05) is 0 Å². The quantitative estimate of drug-likeness (QED) is 0.498. The summed E-state index contributed by atoms with van der Waals surface area (Å²) in [5, 5.41) is 3.94. The molecule has 1 aliphatic rings. The Kier molecular flexibility index (Phi) is 3.44. The average molecular weight is 261 g/mol. The highest BCUT2D eigenvalue weighted by Crippen LogP contribution is 2.16. The number of rotatable bonds is 3. The normalized spacial score (nSPS) is 14.2. The van der Waals surface area contributed by atoms with E-state index in [4.69, 9.17) is 10.4 Å². The van der Waals surface area contributed by atoms with Gasteiger partial charge in [-0.3, -0.25) is 9.59 Å². The number of carbonyl (C=O) groups is 3. The van der Waals surface area contributed by atoms with Gasteiger partial charge in [0.2, 0.25) is 4.91 Å². The van der Waals surface area contributed by atoms with Crippen molar-refractivity contribution in [3.63, 3.8) is 0 Å². The first-order chi connectivity index (χ1) is 9.11. The Morgan fingerprint density at radius 1 is 1.21 bits per heavy atom. The topological polar surface area (TPSA) is 114 Å². The van der Waals surface area contributed by atoms with Crippen molar-refractivity contribution < 1.29 is 19.2 Å². The second kappa shape index (κ2) is 5.19. The number of carbonyl (C=O) groups excluding carboxylic acids is 3. The maximum Gasteiger partial charge on any atom is 0.363 e. The predicted octanol–water partition coefficient (Wildman–Crippen LogP) is 1.09. The highest BCUT2D eigenvalue weighted by atomic mass is 16.7. The van der Waals surface area contributed by atoms with Gasteiger partial charge in [0.1, 0.15) is 5.53 Å². The number of hydrogen-bond donors (Lipinski definition) is 1. The van der Waals surface area contributed by atoms with Crippen LogP contribution >= 0.6 is 0 Å². The zero-order chi connectivity index (χ0) is 13.8. The van der Waals surface area contributed by atoms with E-state index in [0.717, 1.165) is 0 Å². The average Bonchev–Trinajstić information content (AvgIpc) is 2.72. The highest BCUT2D eigenvalue weighted by Gasteiger charge is 2.33. The van der Waals surface area contributed by atoms with E-state index in [9.17, 15) is 14.4 Å². The third kappa shape index (κ3) is 2.70. The molecule has 1 aliphatic heterocycles. The van der Waals surface area contributed by atoms with Crippen LogP contribution in [0.1, 0.15) is 23.2 Å². The number of hydrogen-bond acceptors (Lipinski definition) is 6. The summed E-state index contributed by atoms with van der Waals surface area (Å²) in [4.78, 5) is 41.8. The first kappa shape index (κ1) is 12.6. The van der Waals surface area contributed by atoms with Crippen molar-refractivity contribution in [2.24, 2.45) is 5.11 Å². The number of nitrogens with one attached hydrogen (secondary N) is 1. The SMILES string of the molecule is N=[N+]=Nc1ccc(C(=O)ON2C(=O)CCC2=O)cc1. The van der Waals surface area contributed by atoms with Crippen molar-refractivity contribution in [1.82, 2.24) is 9.97 Å². The summed E-state index contributed by atoms with van der Waals surface area (Å²) in [6.45, 7) is 0. The van der Waals surface area contributed by atoms with Gasteiger partial charge in [0.05, 0.1) is 5.56 Å². The van der Waals surface area contributed by atoms with Crippen LogP contribution in [0.25, 0.3) is 0 Å². The van der Waals surface area contributed by atoms with Crippen LogP contribution in [0, 0.1) is 5.53 Å². The Balaban J connectivity index is 2.09. The van der Waals surface area contributed by atoms with E-state index in [0.29, 0.717) is 10.8 Å². The maximum absolute atomic E-state index is 11.7. The van der Waals surface area contributed by atoms with Crippen LogP contribution in [0.5, 0.6) is 0 Å². The zero-order valence-corrected chi connectivity index (χ0v) is 9.70. The molecule has 2 amide bonds. The molecule has 0 bridgehead atoms. The zero-order valence-electron chi connectivity index (χ0n) is 9.70. The summed E-state index contributed by atoms with van der Waals surface area (Å²) in [7, 11) is 0. The molecule has 0 radical (unpaired) electrons. The minimum atomic E-state index is -0.807. The van der Waals surface area contributed by atoms with Gasteiger partial charge in [-0.05, 0) is 24.3 Å². The summed E-state index contributed by atoms with van der Waals surface area (Å²) in [6.07, 6.45) is 0.101. The molecule has 96 valence electrons. The third-order valence-corrected chi connectivity index (χ3v) is 2.45. The lowest BCUT2D eigenvalue weighted by Gasteiger charge is -2.12. The Hall–Kier alpha value is -2.86. The predicted molar refractivity (Wildman–Crippen MR) is 59.9 cm³/mol. The van der Waals surface area contributed by atoms with Crippen molar-refractivity contribution in [2.45, 2.75) is 12.8 Å². The Morgan fingerprint density at radius 2 is 1.79 bits per heavy atom. The van der Waals surface area contributed by atoms with Gasteiger partial charge in [-0.1, -0.05) is 0 Å². The van der Waals surface area contributed by atoms with Crippen LogP contribution in [0.3, 0.4) is 0 Å². The van der Waals surface area contributed by atoms with Gasteiger partial charge < -0.3 is 4.84 Å². The van der Waals surface area contributed by atoms with Gasteiger partial charge in [-0.25, -0.2) is 4.79 Å². The lowest BCUT2D eigenvalue weighted by Crippen LogP contribution is -2.32. The van der Waals surface area contributed by atoms with Crippen LogP contribution in [-0.4, -0.2) is 22.8 Å². The van der Waals surface area contributed by atoms with Gasteiger partial charge in [0.15, 0.2) is 10.8 Å². The number of hydroxylamine groups is 2. The Labute approximate surface area is 107 Å². The smallest absolute Gasteiger partial charge is 0.325 e. The maximum atomic E-state index is 11.7. The monoisotopic (exact) mass is 261 g/mol. The molecule has 8 nitrogen and oxygen atoms in total. The summed E-state index contributed by atoms with van der Waals surface area (Å²) in [5.41, 5.74) is 7.12. The van der Waals surface area contributed by atoms with Gasteiger partial charge in [-0.2, -0.15) is 0 Å². The molecule has 8 heteroatoms. The number of nitrogens with zero attached hydrogens (tertiary/aromatic N) is 3. The Morgan fingerprint density at radius 3 is 2.32 bits per heavy atom. The van der Waals surface area contributed by atoms with Crippen LogP contribution < -0.4 is 4.91 Å². The van der Waals surface area contributed by atoms with E-state index in [1.165, 1.54) is 24.3 Å². The van der Waals surface area contributed by atoms with Crippen molar-refractivity contribution in [1.29, 1.82) is 5.53 Å². The number of amides is 2. The molecular formula is C11H9N4O4+.